The predicted molar refractivity (Wildman–Crippen MR) is 226 cm³/mol. The monoisotopic (exact) mass is 681 g/mol. The first kappa shape index (κ1) is 31.8. The number of benzene rings is 7. The van der Waals surface area contributed by atoms with Gasteiger partial charge in [0.05, 0.1) is 0 Å². The maximum absolute atomic E-state index is 2.44. The average Bonchev–Trinajstić information content (AvgIpc) is 3.44. The fraction of sp³-hybridized carbons (Fsp3) is 0.154. The molecule has 0 fully saturated rings. The lowest BCUT2D eigenvalue weighted by molar-refractivity contribution is 0.660. The van der Waals surface area contributed by atoms with E-state index >= 15 is 0 Å². The summed E-state index contributed by atoms with van der Waals surface area (Å²) >= 11 is 0. The fourth-order valence-corrected chi connectivity index (χ4v) is 9.51. The van der Waals surface area contributed by atoms with E-state index in [-0.39, 0.29) is 5.41 Å². The van der Waals surface area contributed by atoms with Crippen LogP contribution < -0.4 is 4.90 Å². The van der Waals surface area contributed by atoms with Crippen molar-refractivity contribution in [1.29, 1.82) is 0 Å². The first-order valence-corrected chi connectivity index (χ1v) is 19.2. The van der Waals surface area contributed by atoms with Crippen molar-refractivity contribution in [2.75, 3.05) is 4.90 Å². The number of allylic oxidation sites excluding steroid dienone is 6. The molecule has 0 spiro atoms. The predicted octanol–water partition coefficient (Wildman–Crippen LogP) is 14.5. The number of anilines is 3. The maximum atomic E-state index is 2.44. The van der Waals surface area contributed by atoms with Crippen molar-refractivity contribution in [3.8, 4) is 22.3 Å². The Morgan fingerprint density at radius 1 is 0.566 bits per heavy atom. The van der Waals surface area contributed by atoms with Gasteiger partial charge in [-0.15, -0.1) is 0 Å². The molecule has 0 bridgehead atoms. The maximum Gasteiger partial charge on any atom is 0.0468 e. The standard InChI is InChI=1S/C52H43N/c1-34-20-21-35-12-4-7-15-43(35)51(34)37-24-28-40(29-25-37)53(41-30-31-50-48(33-41)46-18-10-11-19-49(46)52(50,2)3)39-26-22-36(23-27-39)47-32-38-13-5-6-14-42(38)44-16-8-9-17-45(44)47/h4-6,8-14,16-19,21-34H,7,15,20H2,1-3H3. The molecular weight excluding hydrogens is 639 g/mol. The van der Waals surface area contributed by atoms with E-state index in [0.29, 0.717) is 5.92 Å². The van der Waals surface area contributed by atoms with Crippen molar-refractivity contribution < 1.29 is 0 Å². The molecule has 0 N–H and O–H groups in total. The van der Waals surface area contributed by atoms with Gasteiger partial charge in [-0.1, -0.05) is 142 Å². The summed E-state index contributed by atoms with van der Waals surface area (Å²) in [5, 5.41) is 5.14. The minimum absolute atomic E-state index is 0.0333. The Kier molecular flexibility index (Phi) is 7.41. The van der Waals surface area contributed by atoms with Crippen molar-refractivity contribution in [2.45, 2.75) is 45.4 Å². The lowest BCUT2D eigenvalue weighted by Crippen LogP contribution is -2.15. The Balaban J connectivity index is 1.10. The summed E-state index contributed by atoms with van der Waals surface area (Å²) in [7, 11) is 0. The SMILES string of the molecule is CC1CC=C2C=CCCC2=C1c1ccc(N(c2ccc(-c3cc4ccccc4c4ccccc34)cc2)c2ccc3c(c2)-c2ccccc2C3(C)C)cc1. The van der Waals surface area contributed by atoms with E-state index in [1.807, 2.05) is 0 Å². The molecule has 0 aromatic heterocycles. The second kappa shape index (κ2) is 12.3. The van der Waals surface area contributed by atoms with Crippen molar-refractivity contribution in [3.05, 3.63) is 192 Å². The summed E-state index contributed by atoms with van der Waals surface area (Å²) in [5.74, 6) is 0.515. The Bertz CT molecular complexity index is 2660. The molecule has 7 aromatic rings. The lowest BCUT2D eigenvalue weighted by Gasteiger charge is -2.29. The lowest BCUT2D eigenvalue weighted by atomic mass is 9.77. The number of hydrogen-bond acceptors (Lipinski definition) is 1. The number of hydrogen-bond donors (Lipinski definition) is 0. The van der Waals surface area contributed by atoms with Crippen LogP contribution in [0.1, 0.15) is 56.7 Å². The average molecular weight is 682 g/mol. The molecule has 256 valence electrons. The van der Waals surface area contributed by atoms with Crippen molar-refractivity contribution in [1.82, 2.24) is 0 Å². The van der Waals surface area contributed by atoms with Gasteiger partial charge in [-0.05, 0) is 145 Å². The van der Waals surface area contributed by atoms with Gasteiger partial charge in [-0.2, -0.15) is 0 Å². The van der Waals surface area contributed by atoms with Crippen LogP contribution in [-0.2, 0) is 5.41 Å². The summed E-state index contributed by atoms with van der Waals surface area (Å²) < 4.78 is 0. The number of nitrogens with zero attached hydrogens (tertiary/aromatic N) is 1. The third kappa shape index (κ3) is 5.13. The summed E-state index contributed by atoms with van der Waals surface area (Å²) in [6.07, 6.45) is 10.4. The number of fused-ring (bicyclic) bond motifs is 7. The topological polar surface area (TPSA) is 3.24 Å². The minimum atomic E-state index is -0.0333. The molecule has 0 aliphatic heterocycles. The molecule has 0 heterocycles. The van der Waals surface area contributed by atoms with E-state index in [9.17, 15) is 0 Å². The molecule has 53 heavy (non-hydrogen) atoms. The smallest absolute Gasteiger partial charge is 0.0468 e. The van der Waals surface area contributed by atoms with Gasteiger partial charge < -0.3 is 4.90 Å². The molecule has 0 amide bonds. The molecule has 0 saturated heterocycles. The van der Waals surface area contributed by atoms with Crippen LogP contribution in [0.15, 0.2) is 175 Å². The molecule has 10 rings (SSSR count). The van der Waals surface area contributed by atoms with E-state index in [0.717, 1.165) is 30.6 Å². The third-order valence-corrected chi connectivity index (χ3v) is 12.2. The number of rotatable bonds is 5. The van der Waals surface area contributed by atoms with Gasteiger partial charge in [0.1, 0.15) is 0 Å². The highest BCUT2D eigenvalue weighted by Gasteiger charge is 2.35. The Labute approximate surface area is 313 Å². The van der Waals surface area contributed by atoms with Gasteiger partial charge in [0.25, 0.3) is 0 Å². The zero-order valence-corrected chi connectivity index (χ0v) is 30.7. The van der Waals surface area contributed by atoms with Crippen LogP contribution in [0.25, 0.3) is 49.4 Å². The van der Waals surface area contributed by atoms with Crippen LogP contribution in [0.5, 0.6) is 0 Å². The van der Waals surface area contributed by atoms with E-state index in [1.54, 1.807) is 0 Å². The van der Waals surface area contributed by atoms with Gasteiger partial charge in [0.15, 0.2) is 0 Å². The molecule has 1 atom stereocenters. The normalized spacial score (nSPS) is 17.0. The Hall–Kier alpha value is -5.92. The van der Waals surface area contributed by atoms with Crippen molar-refractivity contribution in [2.24, 2.45) is 5.92 Å². The van der Waals surface area contributed by atoms with E-state index in [2.05, 4.69) is 189 Å². The van der Waals surface area contributed by atoms with Crippen LogP contribution in [0, 0.1) is 5.92 Å². The zero-order valence-electron chi connectivity index (χ0n) is 30.7. The quantitative estimate of drug-likeness (QED) is 0.163. The van der Waals surface area contributed by atoms with Gasteiger partial charge >= 0.3 is 0 Å². The van der Waals surface area contributed by atoms with Gasteiger partial charge in [-0.3, -0.25) is 0 Å². The summed E-state index contributed by atoms with van der Waals surface area (Å²) in [6.45, 7) is 7.10. The largest absolute Gasteiger partial charge is 0.310 e. The van der Waals surface area contributed by atoms with Crippen molar-refractivity contribution in [3.63, 3.8) is 0 Å². The highest BCUT2D eigenvalue weighted by atomic mass is 15.1. The second-order valence-corrected chi connectivity index (χ2v) is 15.6. The Morgan fingerprint density at radius 2 is 1.21 bits per heavy atom. The zero-order chi connectivity index (χ0) is 35.7. The van der Waals surface area contributed by atoms with Gasteiger partial charge in [0.2, 0.25) is 0 Å². The van der Waals surface area contributed by atoms with Crippen LogP contribution in [-0.4, -0.2) is 0 Å². The third-order valence-electron chi connectivity index (χ3n) is 12.2. The van der Waals surface area contributed by atoms with Gasteiger partial charge in [-0.25, -0.2) is 0 Å². The van der Waals surface area contributed by atoms with Crippen LogP contribution in [0.3, 0.4) is 0 Å². The molecule has 1 heteroatoms. The van der Waals surface area contributed by atoms with E-state index in [1.165, 1.54) is 82.9 Å². The molecule has 0 radical (unpaired) electrons. The highest BCUT2D eigenvalue weighted by molar-refractivity contribution is 6.13. The van der Waals surface area contributed by atoms with Crippen LogP contribution >= 0.6 is 0 Å². The van der Waals surface area contributed by atoms with Crippen molar-refractivity contribution >= 4 is 44.2 Å². The molecule has 3 aliphatic carbocycles. The minimum Gasteiger partial charge on any atom is -0.310 e. The van der Waals surface area contributed by atoms with Crippen LogP contribution in [0.2, 0.25) is 0 Å². The summed E-state index contributed by atoms with van der Waals surface area (Å²) in [5.41, 5.74) is 17.2. The summed E-state index contributed by atoms with van der Waals surface area (Å²) in [6, 6.07) is 54.6. The molecule has 3 aliphatic rings. The van der Waals surface area contributed by atoms with E-state index in [4.69, 9.17) is 0 Å². The summed E-state index contributed by atoms with van der Waals surface area (Å²) in [4.78, 5) is 2.44. The molecule has 1 nitrogen and oxygen atoms in total. The second-order valence-electron chi connectivity index (χ2n) is 15.6. The molecule has 0 saturated carbocycles. The molecular formula is C52H43N. The Morgan fingerprint density at radius 3 is 2.00 bits per heavy atom. The highest BCUT2D eigenvalue weighted by Crippen LogP contribution is 2.51. The fourth-order valence-electron chi connectivity index (χ4n) is 9.51. The van der Waals surface area contributed by atoms with Crippen LogP contribution in [0.4, 0.5) is 17.1 Å². The van der Waals surface area contributed by atoms with E-state index < -0.39 is 0 Å². The first-order valence-electron chi connectivity index (χ1n) is 19.2. The first-order chi connectivity index (χ1) is 26.0. The molecule has 7 aromatic carbocycles. The van der Waals surface area contributed by atoms with Gasteiger partial charge in [0, 0.05) is 22.5 Å². The molecule has 1 unspecified atom stereocenters.